The molecule has 35 heavy (non-hydrogen) atoms. The summed E-state index contributed by atoms with van der Waals surface area (Å²) in [6.07, 6.45) is 1.37. The molecular weight excluding hydrogens is 486 g/mol. The molecule has 1 atom stereocenters. The smallest absolute Gasteiger partial charge is 0.234 e. The average Bonchev–Trinajstić information content (AvgIpc) is 3.28. The highest BCUT2D eigenvalue weighted by molar-refractivity contribution is 7.99. The minimum Gasteiger partial charge on any atom is -0.481 e. The number of thioether (sulfide) groups is 1. The van der Waals surface area contributed by atoms with Crippen molar-refractivity contribution in [2.45, 2.75) is 24.7 Å². The van der Waals surface area contributed by atoms with Gasteiger partial charge in [0.25, 0.3) is 0 Å². The number of benzene rings is 2. The van der Waals surface area contributed by atoms with Crippen molar-refractivity contribution in [1.82, 2.24) is 14.8 Å². The normalized spacial score (nSPS) is 14.4. The fraction of sp³-hybridized carbons (Fsp3) is 0.320. The van der Waals surface area contributed by atoms with Crippen LogP contribution in [0.1, 0.15) is 18.9 Å². The number of para-hydroxylation sites is 1. The zero-order valence-electron chi connectivity index (χ0n) is 19.5. The number of anilines is 2. The summed E-state index contributed by atoms with van der Waals surface area (Å²) in [5, 5.41) is 12.7. The van der Waals surface area contributed by atoms with Crippen molar-refractivity contribution in [2.24, 2.45) is 0 Å². The van der Waals surface area contributed by atoms with E-state index in [0.717, 1.165) is 37.7 Å². The number of nitrogens with one attached hydrogen (secondary N) is 1. The van der Waals surface area contributed by atoms with E-state index in [0.29, 0.717) is 28.3 Å². The SMILES string of the molecule is C=CCn1c(SCC(=O)Nc2ccc(N3CCOCC3)cc2)nnc1C(C)Oc1ccccc1Cl. The van der Waals surface area contributed by atoms with Crippen molar-refractivity contribution in [2.75, 3.05) is 42.3 Å². The molecule has 1 unspecified atom stereocenters. The number of aromatic nitrogens is 3. The lowest BCUT2D eigenvalue weighted by atomic mass is 10.2. The predicted octanol–water partition coefficient (Wildman–Crippen LogP) is 4.82. The quantitative estimate of drug-likeness (QED) is 0.307. The van der Waals surface area contributed by atoms with E-state index in [2.05, 4.69) is 27.0 Å². The van der Waals surface area contributed by atoms with Gasteiger partial charge >= 0.3 is 0 Å². The maximum absolute atomic E-state index is 12.6. The first-order valence-corrected chi connectivity index (χ1v) is 12.7. The van der Waals surface area contributed by atoms with Gasteiger partial charge in [-0.1, -0.05) is 41.6 Å². The zero-order valence-corrected chi connectivity index (χ0v) is 21.1. The van der Waals surface area contributed by atoms with Crippen molar-refractivity contribution >= 4 is 40.6 Å². The second kappa shape index (κ2) is 12.1. The summed E-state index contributed by atoms with van der Waals surface area (Å²) in [7, 11) is 0. The van der Waals surface area contributed by atoms with Gasteiger partial charge in [0.15, 0.2) is 17.1 Å². The number of carbonyl (C=O) groups is 1. The van der Waals surface area contributed by atoms with E-state index in [-0.39, 0.29) is 11.7 Å². The Morgan fingerprint density at radius 3 is 2.69 bits per heavy atom. The molecule has 1 fully saturated rings. The Morgan fingerprint density at radius 1 is 1.23 bits per heavy atom. The van der Waals surface area contributed by atoms with Gasteiger partial charge in [0.1, 0.15) is 5.75 Å². The third-order valence-corrected chi connectivity index (χ3v) is 6.70. The van der Waals surface area contributed by atoms with Crippen molar-refractivity contribution < 1.29 is 14.3 Å². The van der Waals surface area contributed by atoms with E-state index in [1.54, 1.807) is 18.2 Å². The number of hydrogen-bond donors (Lipinski definition) is 1. The number of nitrogens with zero attached hydrogens (tertiary/aromatic N) is 4. The molecule has 1 aliphatic heterocycles. The Balaban J connectivity index is 1.35. The first-order chi connectivity index (χ1) is 17.0. The molecule has 184 valence electrons. The number of rotatable bonds is 10. The average molecular weight is 514 g/mol. The molecule has 1 aliphatic rings. The summed E-state index contributed by atoms with van der Waals surface area (Å²) >= 11 is 7.53. The molecule has 4 rings (SSSR count). The molecule has 0 spiro atoms. The Morgan fingerprint density at radius 2 is 1.97 bits per heavy atom. The van der Waals surface area contributed by atoms with Gasteiger partial charge in [0.2, 0.25) is 5.91 Å². The van der Waals surface area contributed by atoms with Crippen LogP contribution < -0.4 is 15.0 Å². The number of morpholine rings is 1. The standard InChI is InChI=1S/C25H28ClN5O3S/c1-3-12-31-24(18(2)34-22-7-5-4-6-21(22)26)28-29-25(31)35-17-23(32)27-19-8-10-20(11-9-19)30-13-15-33-16-14-30/h3-11,18H,1,12-17H2,2H3,(H,27,32). The molecule has 3 aromatic rings. The maximum Gasteiger partial charge on any atom is 0.234 e. The number of amides is 1. The first-order valence-electron chi connectivity index (χ1n) is 11.4. The molecule has 0 bridgehead atoms. The molecule has 2 aromatic carbocycles. The van der Waals surface area contributed by atoms with Crippen LogP contribution in [0.4, 0.5) is 11.4 Å². The van der Waals surface area contributed by atoms with Gasteiger partial charge in [0, 0.05) is 31.0 Å². The number of hydrogen-bond acceptors (Lipinski definition) is 7. The van der Waals surface area contributed by atoms with Gasteiger partial charge in [0.05, 0.1) is 24.0 Å². The van der Waals surface area contributed by atoms with Crippen LogP contribution in [0.3, 0.4) is 0 Å². The molecule has 1 N–H and O–H groups in total. The minimum absolute atomic E-state index is 0.121. The highest BCUT2D eigenvalue weighted by Gasteiger charge is 2.20. The summed E-state index contributed by atoms with van der Waals surface area (Å²) in [5.74, 6) is 1.28. The Kier molecular flexibility index (Phi) is 8.68. The molecule has 2 heterocycles. The lowest BCUT2D eigenvalue weighted by molar-refractivity contribution is -0.113. The van der Waals surface area contributed by atoms with Crippen LogP contribution in [0.15, 0.2) is 66.3 Å². The summed E-state index contributed by atoms with van der Waals surface area (Å²) in [4.78, 5) is 14.9. The fourth-order valence-electron chi connectivity index (χ4n) is 3.70. The van der Waals surface area contributed by atoms with E-state index in [1.165, 1.54) is 11.8 Å². The van der Waals surface area contributed by atoms with Gasteiger partial charge < -0.3 is 19.7 Å². The van der Waals surface area contributed by atoms with Crippen LogP contribution in [-0.2, 0) is 16.1 Å². The highest BCUT2D eigenvalue weighted by Crippen LogP contribution is 2.29. The first kappa shape index (κ1) is 25.1. The summed E-state index contributed by atoms with van der Waals surface area (Å²) in [5.41, 5.74) is 1.88. The molecule has 10 heteroatoms. The second-order valence-electron chi connectivity index (χ2n) is 7.91. The van der Waals surface area contributed by atoms with E-state index >= 15 is 0 Å². The van der Waals surface area contributed by atoms with Crippen molar-refractivity contribution in [3.63, 3.8) is 0 Å². The number of carbonyl (C=O) groups excluding carboxylic acids is 1. The zero-order chi connectivity index (χ0) is 24.6. The molecule has 1 aromatic heterocycles. The van der Waals surface area contributed by atoms with E-state index < -0.39 is 6.10 Å². The van der Waals surface area contributed by atoms with Crippen molar-refractivity contribution in [3.05, 3.63) is 72.0 Å². The number of allylic oxidation sites excluding steroid dienone is 1. The third-order valence-electron chi connectivity index (χ3n) is 5.42. The Hall–Kier alpha value is -3.01. The van der Waals surface area contributed by atoms with Crippen LogP contribution in [0.2, 0.25) is 5.02 Å². The van der Waals surface area contributed by atoms with Crippen LogP contribution in [-0.4, -0.2) is 52.7 Å². The molecule has 1 amide bonds. The molecule has 8 nitrogen and oxygen atoms in total. The maximum atomic E-state index is 12.6. The Bertz CT molecular complexity index is 1150. The van der Waals surface area contributed by atoms with E-state index in [1.807, 2.05) is 47.9 Å². The van der Waals surface area contributed by atoms with Crippen LogP contribution in [0.5, 0.6) is 5.75 Å². The van der Waals surface area contributed by atoms with Crippen molar-refractivity contribution in [3.8, 4) is 5.75 Å². The topological polar surface area (TPSA) is 81.5 Å². The minimum atomic E-state index is -0.393. The van der Waals surface area contributed by atoms with E-state index in [9.17, 15) is 4.79 Å². The third kappa shape index (κ3) is 6.56. The lowest BCUT2D eigenvalue weighted by Gasteiger charge is -2.28. The van der Waals surface area contributed by atoms with Gasteiger partial charge in [-0.3, -0.25) is 9.36 Å². The molecule has 0 aliphatic carbocycles. The van der Waals surface area contributed by atoms with Crippen LogP contribution >= 0.6 is 23.4 Å². The summed E-state index contributed by atoms with van der Waals surface area (Å²) in [6, 6.07) is 15.1. The van der Waals surface area contributed by atoms with Crippen molar-refractivity contribution in [1.29, 1.82) is 0 Å². The Labute approximate surface area is 214 Å². The van der Waals surface area contributed by atoms with Gasteiger partial charge in [-0.25, -0.2) is 0 Å². The number of ether oxygens (including phenoxy) is 2. The second-order valence-corrected chi connectivity index (χ2v) is 9.26. The number of halogens is 1. The molecule has 0 saturated carbocycles. The van der Waals surface area contributed by atoms with Gasteiger partial charge in [-0.05, 0) is 43.3 Å². The largest absolute Gasteiger partial charge is 0.481 e. The predicted molar refractivity (Wildman–Crippen MR) is 140 cm³/mol. The van der Waals surface area contributed by atoms with Gasteiger partial charge in [-0.2, -0.15) is 0 Å². The summed E-state index contributed by atoms with van der Waals surface area (Å²) < 4.78 is 13.3. The molecular formula is C25H28ClN5O3S. The molecule has 0 radical (unpaired) electrons. The summed E-state index contributed by atoms with van der Waals surface area (Å²) in [6.45, 7) is 9.42. The monoisotopic (exact) mass is 513 g/mol. The van der Waals surface area contributed by atoms with Gasteiger partial charge in [-0.15, -0.1) is 16.8 Å². The fourth-order valence-corrected chi connectivity index (χ4v) is 4.63. The van der Waals surface area contributed by atoms with Crippen LogP contribution in [0, 0.1) is 0 Å². The van der Waals surface area contributed by atoms with E-state index in [4.69, 9.17) is 21.1 Å². The molecule has 1 saturated heterocycles. The van der Waals surface area contributed by atoms with Crippen LogP contribution in [0.25, 0.3) is 0 Å². The lowest BCUT2D eigenvalue weighted by Crippen LogP contribution is -2.36. The highest BCUT2D eigenvalue weighted by atomic mass is 35.5.